The van der Waals surface area contributed by atoms with Crippen LogP contribution in [0.25, 0.3) is 0 Å². The molecule has 20 heavy (non-hydrogen) atoms. The van der Waals surface area contributed by atoms with Gasteiger partial charge in [0.25, 0.3) is 0 Å². The summed E-state index contributed by atoms with van der Waals surface area (Å²) < 4.78 is 0. The molecule has 0 fully saturated rings. The lowest BCUT2D eigenvalue weighted by Crippen LogP contribution is -2.40. The number of benzene rings is 1. The second kappa shape index (κ2) is 7.97. The van der Waals surface area contributed by atoms with Crippen LogP contribution in [0.5, 0.6) is 0 Å². The summed E-state index contributed by atoms with van der Waals surface area (Å²) in [6.07, 6.45) is 5.17. The van der Waals surface area contributed by atoms with E-state index in [1.165, 1.54) is 4.90 Å². The molecule has 0 aliphatic heterocycles. The first-order valence-corrected chi connectivity index (χ1v) is 6.18. The van der Waals surface area contributed by atoms with E-state index < -0.39 is 5.97 Å². The van der Waals surface area contributed by atoms with Gasteiger partial charge in [0.2, 0.25) is 5.91 Å². The van der Waals surface area contributed by atoms with E-state index in [-0.39, 0.29) is 25.5 Å². The number of hydrogen-bond acceptors (Lipinski definition) is 3. The van der Waals surface area contributed by atoms with Crippen molar-refractivity contribution in [3.63, 3.8) is 0 Å². The molecular formula is C15H18N2O3. The van der Waals surface area contributed by atoms with Crippen LogP contribution in [0.15, 0.2) is 30.3 Å². The number of aliphatic carboxylic acids is 1. The van der Waals surface area contributed by atoms with E-state index in [1.807, 2.05) is 30.3 Å². The largest absolute Gasteiger partial charge is 0.480 e. The molecule has 1 N–H and O–H groups in total. The molecule has 0 aliphatic carbocycles. The van der Waals surface area contributed by atoms with Crippen LogP contribution in [0.4, 0.5) is 0 Å². The van der Waals surface area contributed by atoms with Gasteiger partial charge >= 0.3 is 5.97 Å². The maximum absolute atomic E-state index is 12.0. The van der Waals surface area contributed by atoms with Crippen LogP contribution in [-0.2, 0) is 16.1 Å². The zero-order valence-electron chi connectivity index (χ0n) is 11.5. The summed E-state index contributed by atoms with van der Waals surface area (Å²) in [6, 6.07) is 9.58. The van der Waals surface area contributed by atoms with Crippen LogP contribution in [0.3, 0.4) is 0 Å². The van der Waals surface area contributed by atoms with Gasteiger partial charge in [-0.1, -0.05) is 36.3 Å². The lowest BCUT2D eigenvalue weighted by Gasteiger charge is -2.22. The van der Waals surface area contributed by atoms with Crippen molar-refractivity contribution in [2.24, 2.45) is 0 Å². The molecule has 0 aliphatic rings. The number of carbonyl (C=O) groups excluding carboxylic acids is 1. The molecule has 1 amide bonds. The highest BCUT2D eigenvalue weighted by atomic mass is 16.4. The Morgan fingerprint density at radius 1 is 1.25 bits per heavy atom. The van der Waals surface area contributed by atoms with Gasteiger partial charge in [-0.25, -0.2) is 0 Å². The third kappa shape index (κ3) is 5.55. The number of carbonyl (C=O) groups is 2. The van der Waals surface area contributed by atoms with Crippen LogP contribution in [0.1, 0.15) is 5.56 Å². The van der Waals surface area contributed by atoms with Crippen LogP contribution in [0, 0.1) is 12.3 Å². The standard InChI is InChI=1S/C15H18N2O3/c1-3-9-17(12-15(19)20)11-14(18)16(2)10-13-7-5-4-6-8-13/h1,4-8H,9-12H2,2H3,(H,19,20). The van der Waals surface area contributed by atoms with Crippen molar-refractivity contribution < 1.29 is 14.7 Å². The van der Waals surface area contributed by atoms with Gasteiger partial charge in [-0.3, -0.25) is 14.5 Å². The number of rotatable bonds is 7. The van der Waals surface area contributed by atoms with E-state index in [0.717, 1.165) is 5.56 Å². The van der Waals surface area contributed by atoms with E-state index in [4.69, 9.17) is 11.5 Å². The normalized spacial score (nSPS) is 10.1. The first-order chi connectivity index (χ1) is 9.52. The van der Waals surface area contributed by atoms with Crippen LogP contribution in [-0.4, -0.2) is 53.5 Å². The molecule has 0 saturated carbocycles. The highest BCUT2D eigenvalue weighted by molar-refractivity contribution is 5.79. The zero-order valence-corrected chi connectivity index (χ0v) is 11.5. The molecule has 1 aromatic carbocycles. The van der Waals surface area contributed by atoms with E-state index in [2.05, 4.69) is 5.92 Å². The lowest BCUT2D eigenvalue weighted by atomic mass is 10.2. The first-order valence-electron chi connectivity index (χ1n) is 6.18. The minimum absolute atomic E-state index is 0.000165. The highest BCUT2D eigenvalue weighted by Gasteiger charge is 2.16. The van der Waals surface area contributed by atoms with Crippen molar-refractivity contribution in [1.82, 2.24) is 9.80 Å². The van der Waals surface area contributed by atoms with Crippen LogP contribution < -0.4 is 0 Å². The number of carboxylic acid groups (broad SMARTS) is 1. The molecule has 0 radical (unpaired) electrons. The summed E-state index contributed by atoms with van der Waals surface area (Å²) in [6.45, 7) is 0.378. The molecule has 0 heterocycles. The molecule has 0 unspecified atom stereocenters. The van der Waals surface area contributed by atoms with Crippen molar-refractivity contribution >= 4 is 11.9 Å². The average molecular weight is 274 g/mol. The van der Waals surface area contributed by atoms with Crippen LogP contribution >= 0.6 is 0 Å². The lowest BCUT2D eigenvalue weighted by molar-refractivity contribution is -0.139. The number of hydrogen-bond donors (Lipinski definition) is 1. The van der Waals surface area contributed by atoms with Gasteiger partial charge in [-0.15, -0.1) is 6.42 Å². The monoisotopic (exact) mass is 274 g/mol. The Kier molecular flexibility index (Phi) is 6.27. The summed E-state index contributed by atoms with van der Waals surface area (Å²) in [5.41, 5.74) is 1.02. The number of nitrogens with zero attached hydrogens (tertiary/aromatic N) is 2. The Morgan fingerprint density at radius 2 is 1.90 bits per heavy atom. The SMILES string of the molecule is C#CCN(CC(=O)O)CC(=O)N(C)Cc1ccccc1. The van der Waals surface area contributed by atoms with Crippen molar-refractivity contribution in [2.45, 2.75) is 6.54 Å². The Hall–Kier alpha value is -2.32. The first kappa shape index (κ1) is 15.7. The topological polar surface area (TPSA) is 60.9 Å². The van der Waals surface area contributed by atoms with Crippen LogP contribution in [0.2, 0.25) is 0 Å². The predicted molar refractivity (Wildman–Crippen MR) is 75.8 cm³/mol. The number of amides is 1. The van der Waals surface area contributed by atoms with Crippen molar-refractivity contribution in [1.29, 1.82) is 0 Å². The van der Waals surface area contributed by atoms with E-state index in [0.29, 0.717) is 6.54 Å². The fourth-order valence-electron chi connectivity index (χ4n) is 1.75. The molecular weight excluding hydrogens is 256 g/mol. The predicted octanol–water partition coefficient (Wildman–Crippen LogP) is 0.665. The third-order valence-corrected chi connectivity index (χ3v) is 2.72. The second-order valence-corrected chi connectivity index (χ2v) is 4.48. The van der Waals surface area contributed by atoms with Gasteiger partial charge in [0.15, 0.2) is 0 Å². The summed E-state index contributed by atoms with van der Waals surface area (Å²) in [5, 5.41) is 8.76. The summed E-state index contributed by atoms with van der Waals surface area (Å²) in [4.78, 5) is 25.7. The maximum Gasteiger partial charge on any atom is 0.317 e. The Bertz CT molecular complexity index is 494. The van der Waals surface area contributed by atoms with E-state index in [1.54, 1.807) is 11.9 Å². The van der Waals surface area contributed by atoms with Gasteiger partial charge in [0, 0.05) is 13.6 Å². The summed E-state index contributed by atoms with van der Waals surface area (Å²) >= 11 is 0. The van der Waals surface area contributed by atoms with E-state index in [9.17, 15) is 9.59 Å². The minimum Gasteiger partial charge on any atom is -0.480 e. The number of terminal acetylenes is 1. The molecule has 0 saturated heterocycles. The molecule has 106 valence electrons. The number of carboxylic acids is 1. The molecule has 1 aromatic rings. The molecule has 5 heteroatoms. The third-order valence-electron chi connectivity index (χ3n) is 2.72. The van der Waals surface area contributed by atoms with Gasteiger partial charge in [0.05, 0.1) is 19.6 Å². The van der Waals surface area contributed by atoms with Gasteiger partial charge in [0.1, 0.15) is 0 Å². The fourth-order valence-corrected chi connectivity index (χ4v) is 1.75. The van der Waals surface area contributed by atoms with E-state index >= 15 is 0 Å². The Balaban J connectivity index is 2.55. The second-order valence-electron chi connectivity index (χ2n) is 4.48. The van der Waals surface area contributed by atoms with Gasteiger partial charge in [-0.2, -0.15) is 0 Å². The van der Waals surface area contributed by atoms with Crippen molar-refractivity contribution in [2.75, 3.05) is 26.7 Å². The Labute approximate surface area is 118 Å². The van der Waals surface area contributed by atoms with Crippen molar-refractivity contribution in [3.05, 3.63) is 35.9 Å². The van der Waals surface area contributed by atoms with Crippen molar-refractivity contribution in [3.8, 4) is 12.3 Å². The fraction of sp³-hybridized carbons (Fsp3) is 0.333. The quantitative estimate of drug-likeness (QED) is 0.742. The molecule has 0 spiro atoms. The molecule has 0 atom stereocenters. The zero-order chi connectivity index (χ0) is 15.0. The summed E-state index contributed by atoms with van der Waals surface area (Å²) in [5.74, 6) is 1.20. The Morgan fingerprint density at radius 3 is 2.45 bits per heavy atom. The minimum atomic E-state index is -1.00. The molecule has 1 rings (SSSR count). The van der Waals surface area contributed by atoms with Gasteiger partial charge < -0.3 is 10.0 Å². The summed E-state index contributed by atoms with van der Waals surface area (Å²) in [7, 11) is 1.68. The number of likely N-dealkylation sites (N-methyl/N-ethyl adjacent to an activating group) is 1. The molecule has 0 aromatic heterocycles. The van der Waals surface area contributed by atoms with Gasteiger partial charge in [-0.05, 0) is 5.56 Å². The molecule has 5 nitrogen and oxygen atoms in total. The average Bonchev–Trinajstić information content (AvgIpc) is 2.39. The molecule has 0 bridgehead atoms. The maximum atomic E-state index is 12.0. The smallest absolute Gasteiger partial charge is 0.317 e. The highest BCUT2D eigenvalue weighted by Crippen LogP contribution is 2.03.